The summed E-state index contributed by atoms with van der Waals surface area (Å²) in [5.74, 6) is -0.317. The number of rotatable bonds is 3. The van der Waals surface area contributed by atoms with Gasteiger partial charge in [-0.1, -0.05) is 0 Å². The first-order valence-corrected chi connectivity index (χ1v) is 6.47. The molecule has 2 aromatic rings. The molecule has 2 rings (SSSR count). The number of aromatic nitrogens is 1. The lowest BCUT2D eigenvalue weighted by Gasteiger charge is -2.14. The first-order valence-electron chi connectivity index (χ1n) is 5.59. The molecular weight excluding hydrogens is 264 g/mol. The van der Waals surface area contributed by atoms with Gasteiger partial charge in [0, 0.05) is 5.38 Å². The molecule has 0 bridgehead atoms. The van der Waals surface area contributed by atoms with E-state index < -0.39 is 5.97 Å². The van der Waals surface area contributed by atoms with E-state index in [0.29, 0.717) is 0 Å². The van der Waals surface area contributed by atoms with Gasteiger partial charge >= 0.3 is 5.97 Å². The van der Waals surface area contributed by atoms with Crippen LogP contribution in [0.3, 0.4) is 0 Å². The smallest absolute Gasteiger partial charge is 0.353 e. The molecule has 0 aliphatic carbocycles. The predicted molar refractivity (Wildman–Crippen MR) is 72.5 cm³/mol. The van der Waals surface area contributed by atoms with Crippen molar-refractivity contribution in [1.29, 1.82) is 5.41 Å². The molecule has 0 unspecified atom stereocenters. The summed E-state index contributed by atoms with van der Waals surface area (Å²) >= 11 is 1.10. The summed E-state index contributed by atoms with van der Waals surface area (Å²) in [6, 6.07) is 3.66. The van der Waals surface area contributed by atoms with Gasteiger partial charge in [-0.3, -0.25) is 9.98 Å². The third kappa shape index (κ3) is 2.26. The van der Waals surface area contributed by atoms with Crippen molar-refractivity contribution in [2.24, 2.45) is 0 Å². The van der Waals surface area contributed by atoms with E-state index in [1.807, 2.05) is 26.0 Å². The molecule has 0 amide bonds. The maximum absolute atomic E-state index is 11.2. The third-order valence-electron chi connectivity index (χ3n) is 2.87. The SMILES string of the molecule is COc1cc(C)c(-n2c(C(=O)O)csc2=N)c(C)c1. The van der Waals surface area contributed by atoms with E-state index in [9.17, 15) is 9.90 Å². The molecular formula is C13H14N2O3S. The van der Waals surface area contributed by atoms with Crippen LogP contribution < -0.4 is 9.54 Å². The first kappa shape index (κ1) is 13.4. The molecule has 0 saturated carbocycles. The average Bonchev–Trinajstić information content (AvgIpc) is 2.71. The number of nitrogens with zero attached hydrogens (tertiary/aromatic N) is 1. The number of carboxylic acids is 1. The summed E-state index contributed by atoms with van der Waals surface area (Å²) < 4.78 is 6.64. The molecule has 0 aliphatic heterocycles. The van der Waals surface area contributed by atoms with Crippen LogP contribution in [-0.4, -0.2) is 22.8 Å². The fourth-order valence-electron chi connectivity index (χ4n) is 2.08. The van der Waals surface area contributed by atoms with Crippen molar-refractivity contribution in [2.75, 3.05) is 7.11 Å². The zero-order valence-corrected chi connectivity index (χ0v) is 11.7. The number of carboxylic acid groups (broad SMARTS) is 1. The molecule has 0 aliphatic rings. The number of hydrogen-bond donors (Lipinski definition) is 2. The highest BCUT2D eigenvalue weighted by molar-refractivity contribution is 7.07. The van der Waals surface area contributed by atoms with E-state index in [0.717, 1.165) is 33.9 Å². The Hall–Kier alpha value is -2.08. The van der Waals surface area contributed by atoms with Crippen LogP contribution in [0.25, 0.3) is 5.69 Å². The zero-order chi connectivity index (χ0) is 14.2. The molecule has 1 heterocycles. The van der Waals surface area contributed by atoms with Crippen molar-refractivity contribution >= 4 is 17.3 Å². The second kappa shape index (κ2) is 4.89. The maximum atomic E-state index is 11.2. The van der Waals surface area contributed by atoms with Crippen molar-refractivity contribution in [2.45, 2.75) is 13.8 Å². The minimum Gasteiger partial charge on any atom is -0.497 e. The van der Waals surface area contributed by atoms with Crippen LogP contribution in [0.5, 0.6) is 5.75 Å². The van der Waals surface area contributed by atoms with Gasteiger partial charge in [-0.2, -0.15) is 0 Å². The number of ether oxygens (including phenoxy) is 1. The van der Waals surface area contributed by atoms with E-state index in [4.69, 9.17) is 10.1 Å². The molecule has 2 N–H and O–H groups in total. The number of nitrogens with one attached hydrogen (secondary N) is 1. The second-order valence-corrected chi connectivity index (χ2v) is 5.03. The molecule has 19 heavy (non-hydrogen) atoms. The highest BCUT2D eigenvalue weighted by atomic mass is 32.1. The van der Waals surface area contributed by atoms with Gasteiger partial charge < -0.3 is 9.84 Å². The monoisotopic (exact) mass is 278 g/mol. The van der Waals surface area contributed by atoms with Crippen LogP contribution >= 0.6 is 11.3 Å². The molecule has 0 saturated heterocycles. The lowest BCUT2D eigenvalue weighted by atomic mass is 10.1. The van der Waals surface area contributed by atoms with E-state index >= 15 is 0 Å². The number of aromatic carboxylic acids is 1. The molecule has 100 valence electrons. The van der Waals surface area contributed by atoms with Gasteiger partial charge in [-0.05, 0) is 37.1 Å². The summed E-state index contributed by atoms with van der Waals surface area (Å²) in [6.07, 6.45) is 0. The van der Waals surface area contributed by atoms with Gasteiger partial charge in [0.1, 0.15) is 11.4 Å². The summed E-state index contributed by atoms with van der Waals surface area (Å²) in [7, 11) is 1.59. The van der Waals surface area contributed by atoms with Crippen LogP contribution in [0.2, 0.25) is 0 Å². The molecule has 0 radical (unpaired) electrons. The van der Waals surface area contributed by atoms with E-state index in [2.05, 4.69) is 0 Å². The van der Waals surface area contributed by atoms with E-state index in [-0.39, 0.29) is 10.5 Å². The lowest BCUT2D eigenvalue weighted by Crippen LogP contribution is -2.19. The van der Waals surface area contributed by atoms with Gasteiger partial charge in [-0.15, -0.1) is 11.3 Å². The van der Waals surface area contributed by atoms with Crippen LogP contribution in [0.4, 0.5) is 0 Å². The summed E-state index contributed by atoms with van der Waals surface area (Å²) in [6.45, 7) is 3.75. The van der Waals surface area contributed by atoms with Crippen LogP contribution in [0.1, 0.15) is 21.6 Å². The molecule has 0 spiro atoms. The average molecular weight is 278 g/mol. The Kier molecular flexibility index (Phi) is 3.44. The number of methoxy groups -OCH3 is 1. The molecule has 1 aromatic carbocycles. The topological polar surface area (TPSA) is 75.3 Å². The Morgan fingerprint density at radius 2 is 1.95 bits per heavy atom. The number of benzene rings is 1. The zero-order valence-electron chi connectivity index (χ0n) is 10.9. The summed E-state index contributed by atoms with van der Waals surface area (Å²) in [4.78, 5) is 11.4. The van der Waals surface area contributed by atoms with Crippen molar-refractivity contribution in [3.8, 4) is 11.4 Å². The fraction of sp³-hybridized carbons (Fsp3) is 0.231. The number of hydrogen-bond acceptors (Lipinski definition) is 4. The summed E-state index contributed by atoms with van der Waals surface area (Å²) in [5, 5.41) is 18.6. The largest absolute Gasteiger partial charge is 0.497 e. The molecule has 6 heteroatoms. The minimum atomic E-state index is -1.04. The number of carbonyl (C=O) groups is 1. The van der Waals surface area contributed by atoms with Gasteiger partial charge in [0.2, 0.25) is 0 Å². The van der Waals surface area contributed by atoms with Crippen LogP contribution in [0.15, 0.2) is 17.5 Å². The Morgan fingerprint density at radius 3 is 2.42 bits per heavy atom. The molecule has 1 aromatic heterocycles. The molecule has 5 nitrogen and oxygen atoms in total. The van der Waals surface area contributed by atoms with E-state index in [1.54, 1.807) is 7.11 Å². The Bertz CT molecular complexity index is 677. The van der Waals surface area contributed by atoms with Gasteiger partial charge in [0.15, 0.2) is 4.80 Å². The van der Waals surface area contributed by atoms with Crippen molar-refractivity contribution < 1.29 is 14.6 Å². The standard InChI is InChI=1S/C13H14N2O3S/c1-7-4-9(18-3)5-8(2)11(7)15-10(12(16)17)6-19-13(15)14/h4-6,14H,1-3H3,(H,16,17). The minimum absolute atomic E-state index is 0.103. The Balaban J connectivity index is 2.76. The van der Waals surface area contributed by atoms with E-state index in [1.165, 1.54) is 9.95 Å². The normalized spacial score (nSPS) is 10.5. The maximum Gasteiger partial charge on any atom is 0.353 e. The van der Waals surface area contributed by atoms with Gasteiger partial charge in [-0.25, -0.2) is 4.79 Å². The fourth-order valence-corrected chi connectivity index (χ4v) is 2.81. The third-order valence-corrected chi connectivity index (χ3v) is 3.62. The predicted octanol–water partition coefficient (Wildman–Crippen LogP) is 2.34. The quantitative estimate of drug-likeness (QED) is 0.904. The Morgan fingerprint density at radius 1 is 1.37 bits per heavy atom. The first-order chi connectivity index (χ1) is 8.95. The number of aryl methyl sites for hydroxylation is 2. The lowest BCUT2D eigenvalue weighted by molar-refractivity contribution is 0.0688. The second-order valence-electron chi connectivity index (χ2n) is 4.18. The van der Waals surface area contributed by atoms with Crippen molar-refractivity contribution in [3.63, 3.8) is 0 Å². The van der Waals surface area contributed by atoms with Crippen molar-refractivity contribution in [1.82, 2.24) is 4.57 Å². The molecule has 0 fully saturated rings. The highest BCUT2D eigenvalue weighted by Crippen LogP contribution is 2.25. The Labute approximate surface area is 114 Å². The highest BCUT2D eigenvalue weighted by Gasteiger charge is 2.17. The molecule has 0 atom stereocenters. The van der Waals surface area contributed by atoms with Crippen molar-refractivity contribution in [3.05, 3.63) is 39.1 Å². The summed E-state index contributed by atoms with van der Waals surface area (Å²) in [5.41, 5.74) is 2.57. The van der Waals surface area contributed by atoms with Gasteiger partial charge in [0.25, 0.3) is 0 Å². The number of thiazole rings is 1. The van der Waals surface area contributed by atoms with Crippen LogP contribution in [0, 0.1) is 19.3 Å². The van der Waals surface area contributed by atoms with Gasteiger partial charge in [0.05, 0.1) is 12.8 Å². The van der Waals surface area contributed by atoms with Crippen LogP contribution in [-0.2, 0) is 0 Å².